The summed E-state index contributed by atoms with van der Waals surface area (Å²) in [6.45, 7) is 6.82. The second-order valence-electron chi connectivity index (χ2n) is 11.2. The predicted octanol–water partition coefficient (Wildman–Crippen LogP) is 5.18. The van der Waals surface area contributed by atoms with Gasteiger partial charge in [0.2, 0.25) is 5.91 Å². The molecule has 8 heteroatoms. The van der Waals surface area contributed by atoms with Crippen molar-refractivity contribution in [2.45, 2.75) is 62.6 Å². The Kier molecular flexibility index (Phi) is 6.48. The molecule has 2 aliphatic carbocycles. The van der Waals surface area contributed by atoms with Crippen LogP contribution in [0.4, 0.5) is 0 Å². The maximum atomic E-state index is 13.5. The molecule has 2 bridgehead atoms. The Morgan fingerprint density at radius 3 is 2.79 bits per heavy atom. The standard InChI is InChI=1S/C30H32Cl2N2O4/c1-17(37-18(2)35)16-34-12-11-30-21-8-10-24(33(3)27(36)14-19-7-9-22(31)23(32)13-19)29(30)38-26-6-4-5-20(28(26)30)15-25(21)34/h4-7,9,13,21,24-25,29H,1,8,10-12,14-16H2,2-3H3/t21-,24-,25+,29-,30-/m0/s1. The fraction of sp³-hybridized carbons (Fsp3) is 0.467. The van der Waals surface area contributed by atoms with E-state index in [0.29, 0.717) is 34.3 Å². The van der Waals surface area contributed by atoms with E-state index in [-0.39, 0.29) is 35.9 Å². The van der Waals surface area contributed by atoms with Crippen molar-refractivity contribution < 1.29 is 19.1 Å². The number of amides is 1. The van der Waals surface area contributed by atoms with Gasteiger partial charge in [-0.2, -0.15) is 0 Å². The van der Waals surface area contributed by atoms with E-state index in [0.717, 1.165) is 43.5 Å². The number of likely N-dealkylation sites (tertiary alicyclic amines) is 1. The van der Waals surface area contributed by atoms with Gasteiger partial charge in [-0.25, -0.2) is 0 Å². The second-order valence-corrected chi connectivity index (χ2v) is 12.0. The van der Waals surface area contributed by atoms with Crippen LogP contribution in [-0.2, 0) is 32.6 Å². The summed E-state index contributed by atoms with van der Waals surface area (Å²) in [5.41, 5.74) is 3.41. The molecule has 38 heavy (non-hydrogen) atoms. The van der Waals surface area contributed by atoms with Gasteiger partial charge < -0.3 is 14.4 Å². The summed E-state index contributed by atoms with van der Waals surface area (Å²) in [5, 5.41) is 0.939. The number of likely N-dealkylation sites (N-methyl/N-ethyl adjacent to an activating group) is 1. The number of carbonyl (C=O) groups excluding carboxylic acids is 2. The fourth-order valence-electron chi connectivity index (χ4n) is 7.76. The first kappa shape index (κ1) is 25.7. The highest BCUT2D eigenvalue weighted by molar-refractivity contribution is 6.42. The lowest BCUT2D eigenvalue weighted by atomic mass is 9.51. The third-order valence-corrected chi connectivity index (χ3v) is 9.94. The van der Waals surface area contributed by atoms with Gasteiger partial charge in [0.05, 0.1) is 29.1 Å². The Balaban J connectivity index is 1.29. The minimum absolute atomic E-state index is 0.0249. The first-order chi connectivity index (χ1) is 18.2. The average Bonchev–Trinajstić information content (AvgIpc) is 3.21. The van der Waals surface area contributed by atoms with E-state index < -0.39 is 0 Å². The Hall–Kier alpha value is -2.54. The normalized spacial score (nSPS) is 28.7. The zero-order chi connectivity index (χ0) is 26.8. The topological polar surface area (TPSA) is 59.1 Å². The van der Waals surface area contributed by atoms with Crippen LogP contribution >= 0.6 is 23.2 Å². The van der Waals surface area contributed by atoms with Crippen LogP contribution in [0.5, 0.6) is 5.75 Å². The van der Waals surface area contributed by atoms with Gasteiger partial charge in [-0.05, 0) is 67.5 Å². The predicted molar refractivity (Wildman–Crippen MR) is 147 cm³/mol. The number of halogens is 2. The molecule has 2 aromatic carbocycles. The van der Waals surface area contributed by atoms with Crippen molar-refractivity contribution in [3.05, 3.63) is 75.5 Å². The van der Waals surface area contributed by atoms with Crippen molar-refractivity contribution in [1.29, 1.82) is 0 Å². The maximum Gasteiger partial charge on any atom is 0.307 e. The number of nitrogens with zero attached hydrogens (tertiary/aromatic N) is 2. The van der Waals surface area contributed by atoms with E-state index in [1.165, 1.54) is 18.1 Å². The van der Waals surface area contributed by atoms with Crippen LogP contribution in [0.3, 0.4) is 0 Å². The molecular weight excluding hydrogens is 523 g/mol. The number of ether oxygens (including phenoxy) is 2. The number of carbonyl (C=O) groups is 2. The van der Waals surface area contributed by atoms with Crippen LogP contribution < -0.4 is 4.74 Å². The van der Waals surface area contributed by atoms with Crippen molar-refractivity contribution in [1.82, 2.24) is 9.80 Å². The third-order valence-electron chi connectivity index (χ3n) is 9.20. The van der Waals surface area contributed by atoms with Gasteiger partial charge in [-0.15, -0.1) is 0 Å². The second kappa shape index (κ2) is 9.58. The van der Waals surface area contributed by atoms with Gasteiger partial charge in [0.15, 0.2) is 0 Å². The SMILES string of the molecule is C=C(CN1CC[C@]23c4c5cccc4O[C@H]2[C@@H](N(C)C(=O)Cc2ccc(Cl)c(Cl)c2)CC[C@H]3[C@H]1C5)OC(C)=O. The third kappa shape index (κ3) is 4.04. The average molecular weight is 556 g/mol. The number of benzene rings is 2. The van der Waals surface area contributed by atoms with E-state index >= 15 is 0 Å². The number of piperidine rings is 1. The summed E-state index contributed by atoms with van der Waals surface area (Å²) >= 11 is 12.3. The molecule has 0 radical (unpaired) electrons. The molecule has 2 heterocycles. The molecule has 1 saturated carbocycles. The number of esters is 1. The van der Waals surface area contributed by atoms with Crippen molar-refractivity contribution in [2.24, 2.45) is 5.92 Å². The van der Waals surface area contributed by atoms with E-state index in [2.05, 4.69) is 29.7 Å². The lowest BCUT2D eigenvalue weighted by Crippen LogP contribution is -2.69. The summed E-state index contributed by atoms with van der Waals surface area (Å²) in [6.07, 6.45) is 3.92. The van der Waals surface area contributed by atoms with Gasteiger partial charge in [0.1, 0.15) is 17.6 Å². The Bertz CT molecular complexity index is 1330. The summed E-state index contributed by atoms with van der Waals surface area (Å²) in [5.74, 6) is 1.59. The largest absolute Gasteiger partial charge is 0.487 e. The van der Waals surface area contributed by atoms with Crippen molar-refractivity contribution >= 4 is 35.1 Å². The smallest absolute Gasteiger partial charge is 0.307 e. The Morgan fingerprint density at radius 1 is 1.21 bits per heavy atom. The minimum atomic E-state index is -0.333. The van der Waals surface area contributed by atoms with E-state index in [1.54, 1.807) is 12.1 Å². The molecule has 1 saturated heterocycles. The highest BCUT2D eigenvalue weighted by atomic mass is 35.5. The van der Waals surface area contributed by atoms with Crippen LogP contribution in [0.2, 0.25) is 10.0 Å². The molecule has 6 rings (SSSR count). The molecule has 4 aliphatic rings. The number of hydrogen-bond donors (Lipinski definition) is 0. The highest BCUT2D eigenvalue weighted by Crippen LogP contribution is 2.62. The Labute approximate surface area is 233 Å². The van der Waals surface area contributed by atoms with E-state index in [4.69, 9.17) is 32.7 Å². The molecule has 0 aromatic heterocycles. The highest BCUT2D eigenvalue weighted by Gasteiger charge is 2.65. The molecule has 0 N–H and O–H groups in total. The summed E-state index contributed by atoms with van der Waals surface area (Å²) in [4.78, 5) is 29.3. The van der Waals surface area contributed by atoms with Gasteiger partial charge in [-0.1, -0.05) is 48.0 Å². The summed E-state index contributed by atoms with van der Waals surface area (Å²) in [6, 6.07) is 12.0. The van der Waals surface area contributed by atoms with Crippen molar-refractivity contribution in [3.8, 4) is 5.75 Å². The number of rotatable bonds is 6. The van der Waals surface area contributed by atoms with Gasteiger partial charge in [-0.3, -0.25) is 14.5 Å². The van der Waals surface area contributed by atoms with E-state index in [1.807, 2.05) is 18.0 Å². The molecule has 200 valence electrons. The van der Waals surface area contributed by atoms with Crippen LogP contribution in [0.25, 0.3) is 0 Å². The minimum Gasteiger partial charge on any atom is -0.487 e. The summed E-state index contributed by atoms with van der Waals surface area (Å²) in [7, 11) is 1.91. The maximum absolute atomic E-state index is 13.5. The molecule has 1 spiro atoms. The van der Waals surface area contributed by atoms with Crippen LogP contribution in [0, 0.1) is 5.92 Å². The van der Waals surface area contributed by atoms with Crippen molar-refractivity contribution in [2.75, 3.05) is 20.1 Å². The molecule has 1 amide bonds. The molecule has 5 atom stereocenters. The molecule has 2 aliphatic heterocycles. The van der Waals surface area contributed by atoms with Crippen molar-refractivity contribution in [3.63, 3.8) is 0 Å². The van der Waals surface area contributed by atoms with Crippen LogP contribution in [0.15, 0.2) is 48.7 Å². The quantitative estimate of drug-likeness (QED) is 0.363. The fourth-order valence-corrected chi connectivity index (χ4v) is 8.08. The van der Waals surface area contributed by atoms with Crippen LogP contribution in [-0.4, -0.2) is 60.0 Å². The lowest BCUT2D eigenvalue weighted by Gasteiger charge is -2.60. The summed E-state index contributed by atoms with van der Waals surface area (Å²) < 4.78 is 12.1. The molecule has 2 fully saturated rings. The zero-order valence-corrected chi connectivity index (χ0v) is 23.2. The number of hydrogen-bond acceptors (Lipinski definition) is 5. The first-order valence-electron chi connectivity index (χ1n) is 13.3. The van der Waals surface area contributed by atoms with Crippen LogP contribution in [0.1, 0.15) is 42.9 Å². The molecule has 0 unspecified atom stereocenters. The van der Waals surface area contributed by atoms with Gasteiger partial charge in [0, 0.05) is 31.0 Å². The van der Waals surface area contributed by atoms with E-state index in [9.17, 15) is 9.59 Å². The zero-order valence-electron chi connectivity index (χ0n) is 21.7. The first-order valence-corrected chi connectivity index (χ1v) is 14.0. The monoisotopic (exact) mass is 554 g/mol. The molecule has 2 aromatic rings. The van der Waals surface area contributed by atoms with Gasteiger partial charge >= 0.3 is 5.97 Å². The van der Waals surface area contributed by atoms with Gasteiger partial charge in [0.25, 0.3) is 0 Å². The molecular formula is C30H32Cl2N2O4. The lowest BCUT2D eigenvalue weighted by molar-refractivity contribution is -0.141. The molecule has 6 nitrogen and oxygen atoms in total. The Morgan fingerprint density at radius 2 is 2.03 bits per heavy atom.